The van der Waals surface area contributed by atoms with Gasteiger partial charge in [-0.05, 0) is 18.9 Å². The van der Waals surface area contributed by atoms with Crippen LogP contribution in [0.25, 0.3) is 0 Å². The van der Waals surface area contributed by atoms with E-state index in [0.29, 0.717) is 0 Å². The van der Waals surface area contributed by atoms with E-state index in [2.05, 4.69) is 0 Å². The second kappa shape index (κ2) is 5.65. The molecule has 0 saturated heterocycles. The van der Waals surface area contributed by atoms with Crippen molar-refractivity contribution in [1.29, 1.82) is 0 Å². The van der Waals surface area contributed by atoms with Gasteiger partial charge in [0, 0.05) is 12.5 Å². The average molecular weight is 225 g/mol. The van der Waals surface area contributed by atoms with E-state index >= 15 is 0 Å². The van der Waals surface area contributed by atoms with Crippen LogP contribution < -0.4 is 5.73 Å². The van der Waals surface area contributed by atoms with Gasteiger partial charge in [-0.3, -0.25) is 4.55 Å². The van der Waals surface area contributed by atoms with Crippen LogP contribution in [0.2, 0.25) is 0 Å². The third kappa shape index (κ3) is 3.91. The summed E-state index contributed by atoms with van der Waals surface area (Å²) in [5, 5.41) is 8.08. The lowest BCUT2D eigenvalue weighted by Crippen LogP contribution is -2.36. The van der Waals surface area contributed by atoms with Crippen LogP contribution in [0.15, 0.2) is 0 Å². The summed E-state index contributed by atoms with van der Waals surface area (Å²) in [6, 6.07) is 0. The standard InChI is InChI=1S/C8H19NO4S/c1-6(2)7(5-10)8(3-4-9)14(11,12)13/h6-8,10H,3-5,9H2,1-2H3,(H,11,12,13)/t7-,8?/m1/s1. The molecule has 0 heterocycles. The van der Waals surface area contributed by atoms with Gasteiger partial charge in [-0.1, -0.05) is 13.8 Å². The monoisotopic (exact) mass is 225 g/mol. The molecule has 0 bridgehead atoms. The van der Waals surface area contributed by atoms with Crippen LogP contribution in [-0.2, 0) is 10.1 Å². The molecule has 0 aromatic heterocycles. The van der Waals surface area contributed by atoms with Crippen molar-refractivity contribution in [2.75, 3.05) is 13.2 Å². The molecule has 0 rings (SSSR count). The van der Waals surface area contributed by atoms with Gasteiger partial charge in [-0.2, -0.15) is 8.42 Å². The number of nitrogens with two attached hydrogens (primary N) is 1. The highest BCUT2D eigenvalue weighted by Crippen LogP contribution is 2.22. The summed E-state index contributed by atoms with van der Waals surface area (Å²) in [5.74, 6) is -0.480. The Morgan fingerprint density at radius 3 is 2.07 bits per heavy atom. The lowest BCUT2D eigenvalue weighted by molar-refractivity contribution is 0.178. The van der Waals surface area contributed by atoms with Crippen LogP contribution in [0.4, 0.5) is 0 Å². The van der Waals surface area contributed by atoms with Crippen LogP contribution in [0, 0.1) is 11.8 Å². The first-order chi connectivity index (χ1) is 6.34. The van der Waals surface area contributed by atoms with Crippen molar-refractivity contribution in [2.24, 2.45) is 17.6 Å². The summed E-state index contributed by atoms with van der Waals surface area (Å²) in [4.78, 5) is 0. The van der Waals surface area contributed by atoms with Crippen LogP contribution in [0.3, 0.4) is 0 Å². The van der Waals surface area contributed by atoms with Crippen LogP contribution >= 0.6 is 0 Å². The molecule has 0 radical (unpaired) electrons. The molecule has 0 aromatic rings. The Morgan fingerprint density at radius 2 is 1.86 bits per heavy atom. The van der Waals surface area contributed by atoms with Crippen LogP contribution in [0.5, 0.6) is 0 Å². The quantitative estimate of drug-likeness (QED) is 0.546. The van der Waals surface area contributed by atoms with E-state index in [0.717, 1.165) is 0 Å². The van der Waals surface area contributed by atoms with Gasteiger partial charge in [0.2, 0.25) is 0 Å². The molecule has 0 aliphatic heterocycles. The molecule has 5 nitrogen and oxygen atoms in total. The lowest BCUT2D eigenvalue weighted by atomic mass is 9.91. The summed E-state index contributed by atoms with van der Waals surface area (Å²) >= 11 is 0. The van der Waals surface area contributed by atoms with Crippen LogP contribution in [0.1, 0.15) is 20.3 Å². The van der Waals surface area contributed by atoms with Gasteiger partial charge in [-0.25, -0.2) is 0 Å². The molecule has 0 spiro atoms. The molecule has 0 aliphatic carbocycles. The molecule has 0 fully saturated rings. The molecule has 0 aromatic carbocycles. The second-order valence-electron chi connectivity index (χ2n) is 3.72. The molecule has 14 heavy (non-hydrogen) atoms. The topological polar surface area (TPSA) is 101 Å². The first-order valence-electron chi connectivity index (χ1n) is 4.61. The van der Waals surface area contributed by atoms with Crippen molar-refractivity contribution < 1.29 is 18.1 Å². The fourth-order valence-corrected chi connectivity index (χ4v) is 2.78. The minimum absolute atomic E-state index is 0.0153. The fourth-order valence-electron chi connectivity index (χ4n) is 1.51. The normalized spacial score (nSPS) is 17.0. The molecule has 0 amide bonds. The van der Waals surface area contributed by atoms with E-state index in [-0.39, 0.29) is 25.5 Å². The Morgan fingerprint density at radius 1 is 1.36 bits per heavy atom. The highest BCUT2D eigenvalue weighted by atomic mass is 32.2. The number of hydrogen-bond donors (Lipinski definition) is 3. The average Bonchev–Trinajstić information content (AvgIpc) is 2.02. The first-order valence-corrected chi connectivity index (χ1v) is 6.12. The molecule has 6 heteroatoms. The SMILES string of the molecule is CC(C)[C@@H](CO)C(CCN)S(=O)(=O)O. The molecular weight excluding hydrogens is 206 g/mol. The third-order valence-electron chi connectivity index (χ3n) is 2.38. The Labute approximate surface area is 85.1 Å². The minimum atomic E-state index is -4.12. The van der Waals surface area contributed by atoms with Crippen LogP contribution in [-0.4, -0.2) is 36.5 Å². The number of hydrogen-bond acceptors (Lipinski definition) is 4. The zero-order valence-corrected chi connectivity index (χ0v) is 9.37. The van der Waals surface area contributed by atoms with Crippen molar-refractivity contribution in [1.82, 2.24) is 0 Å². The molecule has 0 saturated carbocycles. The lowest BCUT2D eigenvalue weighted by Gasteiger charge is -2.25. The van der Waals surface area contributed by atoms with E-state index in [9.17, 15) is 8.42 Å². The summed E-state index contributed by atoms with van der Waals surface area (Å²) < 4.78 is 31.0. The zero-order valence-electron chi connectivity index (χ0n) is 8.55. The van der Waals surface area contributed by atoms with E-state index in [4.69, 9.17) is 15.4 Å². The van der Waals surface area contributed by atoms with E-state index < -0.39 is 21.3 Å². The zero-order chi connectivity index (χ0) is 11.4. The predicted molar refractivity (Wildman–Crippen MR) is 54.4 cm³/mol. The van der Waals surface area contributed by atoms with Gasteiger partial charge in [0.25, 0.3) is 10.1 Å². The molecule has 86 valence electrons. The Balaban J connectivity index is 4.79. The van der Waals surface area contributed by atoms with Crippen molar-refractivity contribution in [3.05, 3.63) is 0 Å². The number of rotatable bonds is 6. The van der Waals surface area contributed by atoms with Crippen molar-refractivity contribution in [3.8, 4) is 0 Å². The second-order valence-corrected chi connectivity index (χ2v) is 5.36. The fraction of sp³-hybridized carbons (Fsp3) is 1.00. The van der Waals surface area contributed by atoms with Gasteiger partial charge in [-0.15, -0.1) is 0 Å². The van der Waals surface area contributed by atoms with Crippen molar-refractivity contribution >= 4 is 10.1 Å². The van der Waals surface area contributed by atoms with Crippen molar-refractivity contribution in [2.45, 2.75) is 25.5 Å². The largest absolute Gasteiger partial charge is 0.396 e. The van der Waals surface area contributed by atoms with Gasteiger partial charge in [0.1, 0.15) is 0 Å². The third-order valence-corrected chi connectivity index (χ3v) is 3.73. The predicted octanol–water partition coefficient (Wildman–Crippen LogP) is -0.144. The summed E-state index contributed by atoms with van der Waals surface area (Å²) in [6.07, 6.45) is 0.169. The molecule has 2 atom stereocenters. The molecular formula is C8H19NO4S. The smallest absolute Gasteiger partial charge is 0.268 e. The first kappa shape index (κ1) is 13.8. The highest BCUT2D eigenvalue weighted by molar-refractivity contribution is 7.86. The molecule has 1 unspecified atom stereocenters. The van der Waals surface area contributed by atoms with E-state index in [1.165, 1.54) is 0 Å². The molecule has 4 N–H and O–H groups in total. The maximum Gasteiger partial charge on any atom is 0.268 e. The maximum absolute atomic E-state index is 11.0. The van der Waals surface area contributed by atoms with E-state index in [1.54, 1.807) is 13.8 Å². The Bertz CT molecular complexity index is 250. The van der Waals surface area contributed by atoms with Crippen molar-refractivity contribution in [3.63, 3.8) is 0 Å². The summed E-state index contributed by atoms with van der Waals surface area (Å²) in [7, 11) is -4.12. The van der Waals surface area contributed by atoms with Gasteiger partial charge in [0.15, 0.2) is 0 Å². The molecule has 0 aliphatic rings. The van der Waals surface area contributed by atoms with Gasteiger partial charge < -0.3 is 10.8 Å². The van der Waals surface area contributed by atoms with Gasteiger partial charge >= 0.3 is 0 Å². The number of aliphatic hydroxyl groups is 1. The minimum Gasteiger partial charge on any atom is -0.396 e. The highest BCUT2D eigenvalue weighted by Gasteiger charge is 2.32. The summed E-state index contributed by atoms with van der Waals surface area (Å²) in [5.41, 5.74) is 5.26. The van der Waals surface area contributed by atoms with E-state index in [1.807, 2.05) is 0 Å². The maximum atomic E-state index is 11.0. The Kier molecular flexibility index (Phi) is 5.58. The Hall–Kier alpha value is -0.170. The number of aliphatic hydroxyl groups excluding tert-OH is 1. The van der Waals surface area contributed by atoms with Gasteiger partial charge in [0.05, 0.1) is 5.25 Å². The summed E-state index contributed by atoms with van der Waals surface area (Å²) in [6.45, 7) is 3.51.